The molecule has 2 saturated heterocycles. The minimum absolute atomic E-state index is 0.0386. The van der Waals surface area contributed by atoms with Crippen LogP contribution in [0.15, 0.2) is 60.3 Å². The summed E-state index contributed by atoms with van der Waals surface area (Å²) in [4.78, 5) is 4.78. The summed E-state index contributed by atoms with van der Waals surface area (Å²) in [6, 6.07) is 8.49. The molecule has 2 aliphatic carbocycles. The summed E-state index contributed by atoms with van der Waals surface area (Å²) in [6.07, 6.45) is 13.7. The standard InChI is InChI=1S/C28H38N2O3/c1-22(2)29-16-18-30(19-17-29)25-12-14-26(15-13-25)31-20-27-21-32-28(33-27,24-10-6-7-11-24)23-8-4-3-5-9-23/h6-7,10,12-15,23,27H,1,3-5,8-9,11,16-21H2,2H3. The second kappa shape index (κ2) is 9.94. The van der Waals surface area contributed by atoms with Crippen molar-refractivity contribution in [1.82, 2.24) is 4.90 Å². The molecule has 3 fully saturated rings. The van der Waals surface area contributed by atoms with E-state index >= 15 is 0 Å². The first kappa shape index (κ1) is 22.5. The van der Waals surface area contributed by atoms with Crippen molar-refractivity contribution >= 4 is 5.69 Å². The molecule has 33 heavy (non-hydrogen) atoms. The third-order valence-electron chi connectivity index (χ3n) is 7.64. The van der Waals surface area contributed by atoms with Crippen LogP contribution in [0.5, 0.6) is 5.75 Å². The maximum absolute atomic E-state index is 6.67. The zero-order valence-corrected chi connectivity index (χ0v) is 20.0. The maximum Gasteiger partial charge on any atom is 0.194 e. The van der Waals surface area contributed by atoms with Gasteiger partial charge in [-0.2, -0.15) is 0 Å². The Labute approximate surface area is 198 Å². The summed E-state index contributed by atoms with van der Waals surface area (Å²) in [5.74, 6) is 0.792. The molecule has 1 saturated carbocycles. The van der Waals surface area contributed by atoms with Gasteiger partial charge in [-0.3, -0.25) is 0 Å². The van der Waals surface area contributed by atoms with Gasteiger partial charge in [-0.1, -0.05) is 44.1 Å². The van der Waals surface area contributed by atoms with Crippen molar-refractivity contribution in [3.05, 3.63) is 60.3 Å². The van der Waals surface area contributed by atoms with Crippen LogP contribution in [0.3, 0.4) is 0 Å². The summed E-state index contributed by atoms with van der Waals surface area (Å²) in [6.45, 7) is 11.4. The van der Waals surface area contributed by atoms with Crippen LogP contribution >= 0.6 is 0 Å². The van der Waals surface area contributed by atoms with E-state index in [9.17, 15) is 0 Å². The van der Waals surface area contributed by atoms with Gasteiger partial charge in [-0.25, -0.2) is 0 Å². The lowest BCUT2D eigenvalue weighted by Crippen LogP contribution is -2.45. The van der Waals surface area contributed by atoms with Gasteiger partial charge in [0.05, 0.1) is 6.61 Å². The number of anilines is 1. The molecule has 5 rings (SSSR count). The Kier molecular flexibility index (Phi) is 6.79. The highest BCUT2D eigenvalue weighted by molar-refractivity contribution is 5.49. The number of rotatable bonds is 7. The van der Waals surface area contributed by atoms with E-state index in [0.717, 1.165) is 44.0 Å². The van der Waals surface area contributed by atoms with Gasteiger partial charge in [-0.15, -0.1) is 0 Å². The van der Waals surface area contributed by atoms with Crippen molar-refractivity contribution < 1.29 is 14.2 Å². The van der Waals surface area contributed by atoms with Crippen LogP contribution in [0.1, 0.15) is 45.4 Å². The molecule has 0 N–H and O–H groups in total. The Bertz CT molecular complexity index is 879. The lowest BCUT2D eigenvalue weighted by Gasteiger charge is -2.39. The fourth-order valence-corrected chi connectivity index (χ4v) is 5.74. The van der Waals surface area contributed by atoms with Gasteiger partial charge in [0.1, 0.15) is 18.5 Å². The number of benzene rings is 1. The van der Waals surface area contributed by atoms with Crippen LogP contribution in [0.2, 0.25) is 0 Å². The largest absolute Gasteiger partial charge is 0.491 e. The number of piperazine rings is 1. The van der Waals surface area contributed by atoms with E-state index in [1.807, 2.05) is 0 Å². The van der Waals surface area contributed by atoms with Crippen molar-refractivity contribution in [2.75, 3.05) is 44.3 Å². The van der Waals surface area contributed by atoms with Crippen LogP contribution in [0.25, 0.3) is 0 Å². The van der Waals surface area contributed by atoms with Crippen LogP contribution < -0.4 is 9.64 Å². The molecule has 2 aliphatic heterocycles. The first-order valence-corrected chi connectivity index (χ1v) is 12.7. The summed E-state index contributed by atoms with van der Waals surface area (Å²) < 4.78 is 19.3. The zero-order valence-electron chi connectivity index (χ0n) is 20.0. The van der Waals surface area contributed by atoms with Gasteiger partial charge in [0.25, 0.3) is 0 Å². The molecule has 1 aromatic carbocycles. The monoisotopic (exact) mass is 450 g/mol. The third-order valence-corrected chi connectivity index (χ3v) is 7.64. The van der Waals surface area contributed by atoms with Crippen molar-refractivity contribution in [2.45, 2.75) is 57.3 Å². The Morgan fingerprint density at radius 1 is 1.09 bits per heavy atom. The van der Waals surface area contributed by atoms with E-state index in [-0.39, 0.29) is 6.10 Å². The predicted molar refractivity (Wildman–Crippen MR) is 133 cm³/mol. The minimum atomic E-state index is -0.548. The van der Waals surface area contributed by atoms with Crippen LogP contribution in [-0.4, -0.2) is 56.2 Å². The smallest absolute Gasteiger partial charge is 0.194 e. The molecule has 4 aliphatic rings. The number of nitrogens with zero attached hydrogens (tertiary/aromatic N) is 2. The van der Waals surface area contributed by atoms with Crippen LogP contribution in [0.4, 0.5) is 5.69 Å². The van der Waals surface area contributed by atoms with E-state index < -0.39 is 5.79 Å². The summed E-state index contributed by atoms with van der Waals surface area (Å²) >= 11 is 0. The molecule has 5 nitrogen and oxygen atoms in total. The average Bonchev–Trinajstić information content (AvgIpc) is 3.55. The molecule has 1 aromatic rings. The maximum atomic E-state index is 6.67. The molecule has 0 aromatic heterocycles. The molecule has 178 valence electrons. The zero-order chi connectivity index (χ0) is 22.7. The molecule has 2 atom stereocenters. The summed E-state index contributed by atoms with van der Waals surface area (Å²) in [5, 5.41) is 0. The second-order valence-electron chi connectivity index (χ2n) is 9.89. The SMILES string of the molecule is C=C(C)N1CCN(c2ccc(OCC3COC(C4=CC=CC4)(C4CCCCC4)O3)cc2)CC1. The van der Waals surface area contributed by atoms with Crippen molar-refractivity contribution in [3.63, 3.8) is 0 Å². The number of hydrogen-bond donors (Lipinski definition) is 0. The van der Waals surface area contributed by atoms with Crippen LogP contribution in [-0.2, 0) is 9.47 Å². The van der Waals surface area contributed by atoms with Gasteiger partial charge in [0.2, 0.25) is 0 Å². The molecule has 0 radical (unpaired) electrons. The number of ether oxygens (including phenoxy) is 3. The second-order valence-corrected chi connectivity index (χ2v) is 9.89. The first-order chi connectivity index (χ1) is 16.1. The highest BCUT2D eigenvalue weighted by atomic mass is 16.8. The Hall–Kier alpha value is -2.24. The van der Waals surface area contributed by atoms with E-state index in [0.29, 0.717) is 19.1 Å². The lowest BCUT2D eigenvalue weighted by molar-refractivity contribution is -0.185. The average molecular weight is 451 g/mol. The topological polar surface area (TPSA) is 34.2 Å². The van der Waals surface area contributed by atoms with Crippen molar-refractivity contribution in [2.24, 2.45) is 5.92 Å². The molecule has 0 spiro atoms. The third kappa shape index (κ3) is 4.85. The Morgan fingerprint density at radius 2 is 1.85 bits per heavy atom. The van der Waals surface area contributed by atoms with Crippen molar-refractivity contribution in [1.29, 1.82) is 0 Å². The fourth-order valence-electron chi connectivity index (χ4n) is 5.74. The first-order valence-electron chi connectivity index (χ1n) is 12.7. The highest BCUT2D eigenvalue weighted by Crippen LogP contribution is 2.46. The molecular weight excluding hydrogens is 412 g/mol. The van der Waals surface area contributed by atoms with Gasteiger partial charge < -0.3 is 24.0 Å². The van der Waals surface area contributed by atoms with Gasteiger partial charge in [0, 0.05) is 43.5 Å². The lowest BCUT2D eigenvalue weighted by atomic mass is 9.79. The Morgan fingerprint density at radius 3 is 2.52 bits per heavy atom. The van der Waals surface area contributed by atoms with E-state index in [2.05, 4.69) is 65.8 Å². The fraction of sp³-hybridized carbons (Fsp3) is 0.571. The normalized spacial score (nSPS) is 28.3. The summed E-state index contributed by atoms with van der Waals surface area (Å²) in [7, 11) is 0. The minimum Gasteiger partial charge on any atom is -0.491 e. The number of hydrogen-bond acceptors (Lipinski definition) is 5. The van der Waals surface area contributed by atoms with Gasteiger partial charge >= 0.3 is 0 Å². The van der Waals surface area contributed by atoms with E-state index in [4.69, 9.17) is 14.2 Å². The molecule has 0 amide bonds. The molecule has 5 heteroatoms. The van der Waals surface area contributed by atoms with Crippen LogP contribution in [0, 0.1) is 5.92 Å². The van der Waals surface area contributed by atoms with Gasteiger partial charge in [0.15, 0.2) is 5.79 Å². The summed E-state index contributed by atoms with van der Waals surface area (Å²) in [5.41, 5.74) is 3.69. The van der Waals surface area contributed by atoms with E-state index in [1.165, 1.54) is 43.4 Å². The quantitative estimate of drug-likeness (QED) is 0.563. The molecule has 2 unspecified atom stereocenters. The molecule has 2 heterocycles. The molecular formula is C28H38N2O3. The molecule has 0 bridgehead atoms. The van der Waals surface area contributed by atoms with Gasteiger partial charge in [-0.05, 0) is 56.0 Å². The predicted octanol–water partition coefficient (Wildman–Crippen LogP) is 5.30. The van der Waals surface area contributed by atoms with E-state index in [1.54, 1.807) is 0 Å². The Balaban J connectivity index is 1.16. The number of allylic oxidation sites excluding steroid dienone is 4. The highest BCUT2D eigenvalue weighted by Gasteiger charge is 2.50. The van der Waals surface area contributed by atoms with Crippen molar-refractivity contribution in [3.8, 4) is 5.75 Å².